The molecule has 1 aliphatic carbocycles. The van der Waals surface area contributed by atoms with Crippen LogP contribution in [-0.2, 0) is 9.53 Å². The molecule has 6 nitrogen and oxygen atoms in total. The highest BCUT2D eigenvalue weighted by Crippen LogP contribution is 2.24. The standard InChI is InChI=1S/C11H19N3O3/c1-17-10(15)7-4-9(13-8-2-3-8)6-14(5-7)11(12)16/h7-9,13H,2-6H2,1H3,(H2,12,16). The van der Waals surface area contributed by atoms with Gasteiger partial charge in [0.15, 0.2) is 0 Å². The Morgan fingerprint density at radius 1 is 1.29 bits per heavy atom. The van der Waals surface area contributed by atoms with Crippen molar-refractivity contribution in [1.82, 2.24) is 10.2 Å². The monoisotopic (exact) mass is 241 g/mol. The van der Waals surface area contributed by atoms with E-state index in [1.54, 1.807) is 0 Å². The van der Waals surface area contributed by atoms with Gasteiger partial charge in [-0.05, 0) is 19.3 Å². The molecule has 0 spiro atoms. The first-order chi connectivity index (χ1) is 8.10. The number of urea groups is 1. The number of likely N-dealkylation sites (tertiary alicyclic amines) is 1. The third-order valence-electron chi connectivity index (χ3n) is 3.35. The number of amides is 2. The molecule has 0 aromatic carbocycles. The smallest absolute Gasteiger partial charge is 0.314 e. The first kappa shape index (κ1) is 12.2. The molecule has 17 heavy (non-hydrogen) atoms. The molecule has 6 heteroatoms. The lowest BCUT2D eigenvalue weighted by Crippen LogP contribution is -2.54. The summed E-state index contributed by atoms with van der Waals surface area (Å²) in [5.74, 6) is -0.531. The zero-order chi connectivity index (χ0) is 12.4. The summed E-state index contributed by atoms with van der Waals surface area (Å²) in [5.41, 5.74) is 5.29. The topological polar surface area (TPSA) is 84.7 Å². The van der Waals surface area contributed by atoms with Gasteiger partial charge in [0.05, 0.1) is 13.0 Å². The van der Waals surface area contributed by atoms with Crippen molar-refractivity contribution in [2.24, 2.45) is 11.7 Å². The minimum Gasteiger partial charge on any atom is -0.469 e. The molecule has 0 aromatic heterocycles. The van der Waals surface area contributed by atoms with Crippen LogP contribution >= 0.6 is 0 Å². The Balaban J connectivity index is 1.97. The summed E-state index contributed by atoms with van der Waals surface area (Å²) in [6.07, 6.45) is 3.07. The van der Waals surface area contributed by atoms with Gasteiger partial charge in [0.2, 0.25) is 0 Å². The zero-order valence-corrected chi connectivity index (χ0v) is 10.0. The highest BCUT2D eigenvalue weighted by atomic mass is 16.5. The normalized spacial score (nSPS) is 28.9. The molecule has 2 atom stereocenters. The van der Waals surface area contributed by atoms with Gasteiger partial charge in [0, 0.05) is 25.2 Å². The van der Waals surface area contributed by atoms with Gasteiger partial charge in [-0.15, -0.1) is 0 Å². The van der Waals surface area contributed by atoms with Gasteiger partial charge in [-0.2, -0.15) is 0 Å². The molecule has 1 saturated heterocycles. The Hall–Kier alpha value is -1.30. The SMILES string of the molecule is COC(=O)C1CC(NC2CC2)CN(C(N)=O)C1. The predicted molar refractivity (Wildman–Crippen MR) is 61.2 cm³/mol. The maximum absolute atomic E-state index is 11.6. The number of methoxy groups -OCH3 is 1. The van der Waals surface area contributed by atoms with Crippen molar-refractivity contribution in [2.45, 2.75) is 31.3 Å². The molecule has 2 rings (SSSR count). The van der Waals surface area contributed by atoms with E-state index < -0.39 is 6.03 Å². The first-order valence-corrected chi connectivity index (χ1v) is 5.98. The van der Waals surface area contributed by atoms with Gasteiger partial charge in [-0.3, -0.25) is 4.79 Å². The average molecular weight is 241 g/mol. The van der Waals surface area contributed by atoms with Crippen LogP contribution in [0.2, 0.25) is 0 Å². The van der Waals surface area contributed by atoms with E-state index in [1.807, 2.05) is 0 Å². The number of nitrogens with two attached hydrogens (primary N) is 1. The number of rotatable bonds is 3. The molecular weight excluding hydrogens is 222 g/mol. The van der Waals surface area contributed by atoms with Crippen LogP contribution in [0.3, 0.4) is 0 Å². The Morgan fingerprint density at radius 2 is 2.00 bits per heavy atom. The molecular formula is C11H19N3O3. The number of primary amides is 1. The highest BCUT2D eigenvalue weighted by molar-refractivity contribution is 5.76. The van der Waals surface area contributed by atoms with E-state index in [9.17, 15) is 9.59 Å². The second-order valence-electron chi connectivity index (χ2n) is 4.84. The van der Waals surface area contributed by atoms with Crippen molar-refractivity contribution >= 4 is 12.0 Å². The summed E-state index contributed by atoms with van der Waals surface area (Å²) < 4.78 is 4.74. The Kier molecular flexibility index (Phi) is 3.51. The van der Waals surface area contributed by atoms with Crippen molar-refractivity contribution in [1.29, 1.82) is 0 Å². The maximum atomic E-state index is 11.6. The van der Waals surface area contributed by atoms with Gasteiger partial charge in [-0.1, -0.05) is 0 Å². The van der Waals surface area contributed by atoms with Crippen molar-refractivity contribution in [3.8, 4) is 0 Å². The average Bonchev–Trinajstić information content (AvgIpc) is 3.11. The van der Waals surface area contributed by atoms with E-state index in [4.69, 9.17) is 10.5 Å². The molecule has 2 fully saturated rings. The van der Waals surface area contributed by atoms with Crippen LogP contribution in [0.4, 0.5) is 4.79 Å². The molecule has 96 valence electrons. The van der Waals surface area contributed by atoms with Crippen LogP contribution in [0.1, 0.15) is 19.3 Å². The van der Waals surface area contributed by atoms with Crippen LogP contribution in [0, 0.1) is 5.92 Å². The van der Waals surface area contributed by atoms with E-state index in [0.717, 1.165) is 0 Å². The fourth-order valence-corrected chi connectivity index (χ4v) is 2.32. The lowest BCUT2D eigenvalue weighted by molar-refractivity contribution is -0.147. The van der Waals surface area contributed by atoms with E-state index in [2.05, 4.69) is 5.32 Å². The summed E-state index contributed by atoms with van der Waals surface area (Å²) in [5, 5.41) is 3.43. The summed E-state index contributed by atoms with van der Waals surface area (Å²) >= 11 is 0. The third-order valence-corrected chi connectivity index (χ3v) is 3.35. The lowest BCUT2D eigenvalue weighted by Gasteiger charge is -2.36. The van der Waals surface area contributed by atoms with E-state index in [0.29, 0.717) is 25.6 Å². The second kappa shape index (κ2) is 4.91. The summed E-state index contributed by atoms with van der Waals surface area (Å²) in [6.45, 7) is 0.949. The number of hydrogen-bond donors (Lipinski definition) is 2. The largest absolute Gasteiger partial charge is 0.469 e. The van der Waals surface area contributed by atoms with Gasteiger partial charge < -0.3 is 20.7 Å². The lowest BCUT2D eigenvalue weighted by atomic mass is 9.94. The fourth-order valence-electron chi connectivity index (χ4n) is 2.32. The predicted octanol–water partition coefficient (Wildman–Crippen LogP) is -0.319. The highest BCUT2D eigenvalue weighted by Gasteiger charge is 2.36. The molecule has 1 aliphatic heterocycles. The maximum Gasteiger partial charge on any atom is 0.314 e. The second-order valence-corrected chi connectivity index (χ2v) is 4.84. The molecule has 3 N–H and O–H groups in total. The van der Waals surface area contributed by atoms with Crippen molar-refractivity contribution in [3.63, 3.8) is 0 Å². The van der Waals surface area contributed by atoms with Gasteiger partial charge in [0.1, 0.15) is 0 Å². The molecule has 0 bridgehead atoms. The fraction of sp³-hybridized carbons (Fsp3) is 0.818. The Morgan fingerprint density at radius 3 is 2.53 bits per heavy atom. The number of piperidine rings is 1. The minimum atomic E-state index is -0.471. The van der Waals surface area contributed by atoms with Crippen molar-refractivity contribution < 1.29 is 14.3 Å². The molecule has 1 saturated carbocycles. The third kappa shape index (κ3) is 3.09. The van der Waals surface area contributed by atoms with Crippen molar-refractivity contribution in [2.75, 3.05) is 20.2 Å². The Labute approximate surface area is 100 Å². The van der Waals surface area contributed by atoms with Crippen LogP contribution in [0.15, 0.2) is 0 Å². The number of nitrogens with zero attached hydrogens (tertiary/aromatic N) is 1. The van der Waals surface area contributed by atoms with Gasteiger partial charge in [-0.25, -0.2) is 4.79 Å². The summed E-state index contributed by atoms with van der Waals surface area (Å²) in [4.78, 5) is 24.3. The van der Waals surface area contributed by atoms with Gasteiger partial charge in [0.25, 0.3) is 0 Å². The first-order valence-electron chi connectivity index (χ1n) is 5.98. The summed E-state index contributed by atoms with van der Waals surface area (Å²) in [6, 6.07) is 0.222. The van der Waals surface area contributed by atoms with Crippen molar-refractivity contribution in [3.05, 3.63) is 0 Å². The number of carbonyl (C=O) groups is 2. The molecule has 0 aromatic rings. The van der Waals surface area contributed by atoms with Crippen LogP contribution in [-0.4, -0.2) is 49.2 Å². The summed E-state index contributed by atoms with van der Waals surface area (Å²) in [7, 11) is 1.37. The molecule has 2 amide bonds. The number of carbonyl (C=O) groups excluding carboxylic acids is 2. The molecule has 0 radical (unpaired) electrons. The van der Waals surface area contributed by atoms with E-state index in [-0.39, 0.29) is 17.9 Å². The minimum absolute atomic E-state index is 0.146. The number of nitrogens with one attached hydrogen (secondary N) is 1. The zero-order valence-electron chi connectivity index (χ0n) is 10.0. The van der Waals surface area contributed by atoms with Crippen LogP contribution in [0.5, 0.6) is 0 Å². The molecule has 2 unspecified atom stereocenters. The Bertz CT molecular complexity index is 317. The van der Waals surface area contributed by atoms with Crippen LogP contribution < -0.4 is 11.1 Å². The van der Waals surface area contributed by atoms with E-state index in [1.165, 1.54) is 24.9 Å². The van der Waals surface area contributed by atoms with Crippen LogP contribution in [0.25, 0.3) is 0 Å². The number of hydrogen-bond acceptors (Lipinski definition) is 4. The number of esters is 1. The molecule has 1 heterocycles. The number of ether oxygens (including phenoxy) is 1. The molecule has 2 aliphatic rings. The quantitative estimate of drug-likeness (QED) is 0.663. The van der Waals surface area contributed by atoms with E-state index >= 15 is 0 Å². The van der Waals surface area contributed by atoms with Gasteiger partial charge >= 0.3 is 12.0 Å².